The number of hydrogen-bond acceptors (Lipinski definition) is 4. The van der Waals surface area contributed by atoms with Gasteiger partial charge in [0.25, 0.3) is 0 Å². The maximum absolute atomic E-state index is 13.5. The van der Waals surface area contributed by atoms with Crippen molar-refractivity contribution < 1.29 is 61.9 Å². The topological polar surface area (TPSA) is 54.9 Å². The molecule has 0 atom stereocenters. The Morgan fingerprint density at radius 3 is 1.62 bits per heavy atom. The van der Waals surface area contributed by atoms with Crippen LogP contribution in [0.4, 0.5) is 62.2 Å². The van der Waals surface area contributed by atoms with Gasteiger partial charge in [0.05, 0.1) is 0 Å². The van der Waals surface area contributed by atoms with Gasteiger partial charge >= 0.3 is 41.7 Å². The number of aromatic nitrogens is 2. The van der Waals surface area contributed by atoms with Gasteiger partial charge in [-0.1, -0.05) is 18.3 Å². The molecule has 0 aliphatic heterocycles. The van der Waals surface area contributed by atoms with Crippen molar-refractivity contribution in [1.29, 1.82) is 0 Å². The van der Waals surface area contributed by atoms with Crippen LogP contribution in [0.25, 0.3) is 0 Å². The highest BCUT2D eigenvalue weighted by atomic mass is 32.1. The van der Waals surface area contributed by atoms with Crippen LogP contribution in [0, 0.1) is 0 Å². The van der Waals surface area contributed by atoms with Crippen molar-refractivity contribution in [2.75, 3.05) is 5.32 Å². The lowest BCUT2D eigenvalue weighted by molar-refractivity contribution is -0.435. The van der Waals surface area contributed by atoms with E-state index < -0.39 is 46.8 Å². The van der Waals surface area contributed by atoms with Crippen molar-refractivity contribution in [3.05, 3.63) is 5.01 Å². The van der Waals surface area contributed by atoms with Gasteiger partial charge in [0.2, 0.25) is 5.13 Å². The Balaban J connectivity index is 3.35. The molecule has 0 saturated heterocycles. The first-order valence-corrected chi connectivity index (χ1v) is 7.59. The summed E-state index contributed by atoms with van der Waals surface area (Å²) in [6.45, 7) is 1.43. The van der Waals surface area contributed by atoms with Crippen LogP contribution in [0.15, 0.2) is 0 Å². The molecule has 0 saturated carbocycles. The fraction of sp³-hybridized carbons (Fsp3) is 0.727. The summed E-state index contributed by atoms with van der Waals surface area (Å²) in [5, 5.41) is 6.01. The van der Waals surface area contributed by atoms with E-state index in [2.05, 4.69) is 10.2 Å². The highest BCUT2D eigenvalue weighted by Gasteiger charge is 2.91. The third-order valence-corrected chi connectivity index (χ3v) is 4.19. The van der Waals surface area contributed by atoms with Crippen LogP contribution in [0.5, 0.6) is 0 Å². The number of alkyl halides is 13. The Kier molecular flexibility index (Phi) is 6.17. The number of halogens is 13. The fourth-order valence-corrected chi connectivity index (χ4v) is 2.21. The molecule has 0 fully saturated rings. The number of nitrogens with one attached hydrogen (secondary N) is 1. The third kappa shape index (κ3) is 3.70. The molecule has 0 bridgehead atoms. The molecular weight excluding hydrogens is 469 g/mol. The molecule has 168 valence electrons. The van der Waals surface area contributed by atoms with Crippen molar-refractivity contribution in [2.45, 2.75) is 49.1 Å². The lowest BCUT2D eigenvalue weighted by atomic mass is 9.93. The SMILES string of the molecule is CCc1nnc(NC(=O)C(F)(F)C(F)(F)C(F)(F)C(F)(F)C(F)(F)C(F)(F)F)s1. The molecule has 4 nitrogen and oxygen atoms in total. The number of anilines is 1. The summed E-state index contributed by atoms with van der Waals surface area (Å²) >= 11 is 0.272. The van der Waals surface area contributed by atoms with E-state index in [1.807, 2.05) is 0 Å². The summed E-state index contributed by atoms with van der Waals surface area (Å²) in [6, 6.07) is 0. The van der Waals surface area contributed by atoms with Crippen LogP contribution < -0.4 is 5.32 Å². The van der Waals surface area contributed by atoms with E-state index >= 15 is 0 Å². The molecule has 1 rings (SSSR count). The van der Waals surface area contributed by atoms with Crippen LogP contribution in [0.1, 0.15) is 11.9 Å². The normalized spacial score (nSPS) is 14.8. The fourth-order valence-electron chi connectivity index (χ4n) is 1.53. The maximum Gasteiger partial charge on any atom is 0.460 e. The van der Waals surface area contributed by atoms with Gasteiger partial charge in [-0.3, -0.25) is 10.1 Å². The highest BCUT2D eigenvalue weighted by Crippen LogP contribution is 2.60. The quantitative estimate of drug-likeness (QED) is 0.578. The van der Waals surface area contributed by atoms with Crippen molar-refractivity contribution in [1.82, 2.24) is 10.2 Å². The van der Waals surface area contributed by atoms with Crippen molar-refractivity contribution in [2.24, 2.45) is 0 Å². The van der Waals surface area contributed by atoms with E-state index in [-0.39, 0.29) is 22.8 Å². The average molecular weight is 475 g/mol. The second kappa shape index (κ2) is 7.12. The smallest absolute Gasteiger partial charge is 0.295 e. The molecule has 1 heterocycles. The van der Waals surface area contributed by atoms with Gasteiger partial charge < -0.3 is 0 Å². The predicted molar refractivity (Wildman–Crippen MR) is 68.7 cm³/mol. The van der Waals surface area contributed by atoms with Gasteiger partial charge in [-0.15, -0.1) is 10.2 Å². The molecule has 1 amide bonds. The standard InChI is InChI=1S/C11H6F13N3OS/c1-2-3-26-27-5(29-3)25-4(28)6(12,13)7(14,15)8(16,17)9(18,19)10(20,21)11(22,23)24/h2H2,1H3,(H,25,27,28). The second-order valence-electron chi connectivity index (χ2n) is 5.18. The van der Waals surface area contributed by atoms with Crippen LogP contribution >= 0.6 is 11.3 Å². The molecule has 0 aliphatic carbocycles. The Bertz CT molecular complexity index is 757. The van der Waals surface area contributed by atoms with Gasteiger partial charge in [0.15, 0.2) is 0 Å². The summed E-state index contributed by atoms with van der Waals surface area (Å²) in [4.78, 5) is 11.2. The molecule has 1 aromatic rings. The highest BCUT2D eigenvalue weighted by molar-refractivity contribution is 7.15. The van der Waals surface area contributed by atoms with Gasteiger partial charge in [-0.05, 0) is 6.42 Å². The van der Waals surface area contributed by atoms with E-state index in [9.17, 15) is 61.9 Å². The molecule has 1 N–H and O–H groups in total. The molecule has 1 aromatic heterocycles. The molecule has 0 aliphatic rings. The Morgan fingerprint density at radius 2 is 1.24 bits per heavy atom. The Labute approximate surface area is 155 Å². The number of nitrogens with zero attached hydrogens (tertiary/aromatic N) is 2. The minimum atomic E-state index is -8.07. The molecule has 0 aromatic carbocycles. The number of carbonyl (C=O) groups is 1. The number of aryl methyl sites for hydroxylation is 1. The van der Waals surface area contributed by atoms with Crippen LogP contribution in [-0.4, -0.2) is 51.9 Å². The minimum absolute atomic E-state index is 0.0112. The average Bonchev–Trinajstić information content (AvgIpc) is 3.00. The summed E-state index contributed by atoms with van der Waals surface area (Å²) in [7, 11) is 0. The molecule has 0 unspecified atom stereocenters. The summed E-state index contributed by atoms with van der Waals surface area (Å²) in [5.41, 5.74) is 0. The van der Waals surface area contributed by atoms with E-state index in [1.54, 1.807) is 0 Å². The zero-order chi connectivity index (χ0) is 23.3. The van der Waals surface area contributed by atoms with Gasteiger partial charge in [0.1, 0.15) is 5.01 Å². The van der Waals surface area contributed by atoms with E-state index in [4.69, 9.17) is 0 Å². The van der Waals surface area contributed by atoms with E-state index in [1.165, 1.54) is 6.92 Å². The molecule has 0 spiro atoms. The molecule has 0 radical (unpaired) electrons. The number of amides is 1. The van der Waals surface area contributed by atoms with E-state index in [0.29, 0.717) is 0 Å². The minimum Gasteiger partial charge on any atom is -0.295 e. The lowest BCUT2D eigenvalue weighted by Crippen LogP contribution is -2.71. The summed E-state index contributed by atoms with van der Waals surface area (Å²) < 4.78 is 168. The van der Waals surface area contributed by atoms with Crippen molar-refractivity contribution >= 4 is 22.4 Å². The lowest BCUT2D eigenvalue weighted by Gasteiger charge is -2.39. The van der Waals surface area contributed by atoms with Crippen LogP contribution in [0.2, 0.25) is 0 Å². The first-order valence-electron chi connectivity index (χ1n) is 6.78. The van der Waals surface area contributed by atoms with Crippen molar-refractivity contribution in [3.63, 3.8) is 0 Å². The van der Waals surface area contributed by atoms with E-state index in [0.717, 1.165) is 5.32 Å². The predicted octanol–water partition coefficient (Wildman–Crippen LogP) is 4.78. The number of rotatable bonds is 7. The third-order valence-electron chi connectivity index (χ3n) is 3.21. The Hall–Kier alpha value is -1.88. The first-order chi connectivity index (χ1) is 12.7. The summed E-state index contributed by atoms with van der Waals surface area (Å²) in [5.74, 6) is -41.9. The summed E-state index contributed by atoms with van der Waals surface area (Å²) in [6.07, 6.45) is -7.44. The van der Waals surface area contributed by atoms with Gasteiger partial charge in [0, 0.05) is 0 Å². The monoisotopic (exact) mass is 475 g/mol. The van der Waals surface area contributed by atoms with Crippen LogP contribution in [0.3, 0.4) is 0 Å². The zero-order valence-electron chi connectivity index (χ0n) is 13.3. The second-order valence-corrected chi connectivity index (χ2v) is 6.24. The molecular formula is C11H6F13N3OS. The van der Waals surface area contributed by atoms with Gasteiger partial charge in [-0.25, -0.2) is 0 Å². The first kappa shape index (κ1) is 25.2. The van der Waals surface area contributed by atoms with Crippen LogP contribution in [-0.2, 0) is 11.2 Å². The molecule has 29 heavy (non-hydrogen) atoms. The number of hydrogen-bond donors (Lipinski definition) is 1. The van der Waals surface area contributed by atoms with Crippen molar-refractivity contribution in [3.8, 4) is 0 Å². The number of carbonyl (C=O) groups excluding carboxylic acids is 1. The zero-order valence-corrected chi connectivity index (χ0v) is 14.1. The molecule has 18 heteroatoms. The maximum atomic E-state index is 13.5. The van der Waals surface area contributed by atoms with Gasteiger partial charge in [-0.2, -0.15) is 57.1 Å². The Morgan fingerprint density at radius 1 is 0.793 bits per heavy atom. The largest absolute Gasteiger partial charge is 0.460 e.